The zero-order valence-corrected chi connectivity index (χ0v) is 17.4. The molecule has 3 aromatic rings. The van der Waals surface area contributed by atoms with Gasteiger partial charge in [0.05, 0.1) is 11.6 Å². The number of halogens is 1. The molecule has 1 atom stereocenters. The summed E-state index contributed by atoms with van der Waals surface area (Å²) < 4.78 is 24.7. The van der Waals surface area contributed by atoms with E-state index in [1.54, 1.807) is 42.7 Å². The Morgan fingerprint density at radius 2 is 1.82 bits per heavy atom. The normalized spacial score (nSPS) is 19.1. The fourth-order valence-corrected chi connectivity index (χ4v) is 4.07. The summed E-state index contributed by atoms with van der Waals surface area (Å²) in [6.07, 6.45) is 3.21. The van der Waals surface area contributed by atoms with Crippen LogP contribution in [-0.4, -0.2) is 39.9 Å². The molecule has 0 saturated carbocycles. The lowest BCUT2D eigenvalue weighted by Gasteiger charge is -2.25. The molecule has 0 bridgehead atoms. The molecule has 1 aromatic heterocycles. The standard InChI is InChI=1S/C25H19FN2O5/c26-18-6-3-16(4-7-18)22-21(23(29)17-5-8-19-20(12-17)33-11-10-32-19)24(30)25(31)28(22)14-15-2-1-9-27-13-15/h1-9,12-13,22,29H,10-11,14H2/b23-21+. The van der Waals surface area contributed by atoms with Crippen molar-refractivity contribution in [2.75, 3.05) is 13.2 Å². The third-order valence-electron chi connectivity index (χ3n) is 5.62. The highest BCUT2D eigenvalue weighted by Crippen LogP contribution is 2.41. The van der Waals surface area contributed by atoms with Gasteiger partial charge in [0.15, 0.2) is 11.5 Å². The van der Waals surface area contributed by atoms with Crippen LogP contribution >= 0.6 is 0 Å². The Balaban J connectivity index is 1.63. The van der Waals surface area contributed by atoms with E-state index < -0.39 is 23.5 Å². The molecule has 33 heavy (non-hydrogen) atoms. The molecule has 1 fully saturated rings. The highest BCUT2D eigenvalue weighted by atomic mass is 19.1. The molecule has 8 heteroatoms. The van der Waals surface area contributed by atoms with E-state index in [0.717, 1.165) is 0 Å². The SMILES string of the molecule is O=C1C(=O)N(Cc2cccnc2)C(c2ccc(F)cc2)/C1=C(\O)c1ccc2c(c1)OCCO2. The van der Waals surface area contributed by atoms with Gasteiger partial charge in [0.25, 0.3) is 11.7 Å². The number of hydrogen-bond donors (Lipinski definition) is 1. The van der Waals surface area contributed by atoms with Gasteiger partial charge in [0, 0.05) is 24.5 Å². The summed E-state index contributed by atoms with van der Waals surface area (Å²) in [5.74, 6) is -1.39. The van der Waals surface area contributed by atoms with Gasteiger partial charge in [-0.3, -0.25) is 14.6 Å². The summed E-state index contributed by atoms with van der Waals surface area (Å²) in [5.41, 5.74) is 1.45. The van der Waals surface area contributed by atoms with Crippen LogP contribution in [0.4, 0.5) is 4.39 Å². The number of aromatic nitrogens is 1. The van der Waals surface area contributed by atoms with Crippen molar-refractivity contribution in [3.63, 3.8) is 0 Å². The zero-order chi connectivity index (χ0) is 22.9. The minimum absolute atomic E-state index is 0.0767. The number of fused-ring (bicyclic) bond motifs is 1. The first-order valence-electron chi connectivity index (χ1n) is 10.4. The molecular formula is C25H19FN2O5. The van der Waals surface area contributed by atoms with Crippen molar-refractivity contribution in [1.82, 2.24) is 9.88 Å². The van der Waals surface area contributed by atoms with E-state index >= 15 is 0 Å². The highest BCUT2D eigenvalue weighted by Gasteiger charge is 2.46. The average Bonchev–Trinajstić information content (AvgIpc) is 3.09. The van der Waals surface area contributed by atoms with Crippen molar-refractivity contribution < 1.29 is 28.6 Å². The van der Waals surface area contributed by atoms with Crippen LogP contribution in [0.25, 0.3) is 5.76 Å². The Labute approximate surface area is 188 Å². The molecule has 1 N–H and O–H groups in total. The first kappa shape index (κ1) is 20.7. The number of carbonyl (C=O) groups excluding carboxylic acids is 2. The number of nitrogens with zero attached hydrogens (tertiary/aromatic N) is 2. The van der Waals surface area contributed by atoms with Crippen LogP contribution in [0.1, 0.15) is 22.7 Å². The van der Waals surface area contributed by atoms with E-state index in [1.807, 2.05) is 0 Å². The Morgan fingerprint density at radius 1 is 1.06 bits per heavy atom. The number of rotatable bonds is 4. The molecule has 0 spiro atoms. The minimum atomic E-state index is -0.904. The molecule has 166 valence electrons. The van der Waals surface area contributed by atoms with Crippen LogP contribution in [0.15, 0.2) is 72.6 Å². The zero-order valence-electron chi connectivity index (χ0n) is 17.4. The summed E-state index contributed by atoms with van der Waals surface area (Å²) in [6, 6.07) is 12.9. The molecule has 2 aromatic carbocycles. The van der Waals surface area contributed by atoms with Crippen LogP contribution < -0.4 is 9.47 Å². The third-order valence-corrected chi connectivity index (χ3v) is 5.62. The van der Waals surface area contributed by atoms with Crippen LogP contribution in [0.2, 0.25) is 0 Å². The predicted octanol–water partition coefficient (Wildman–Crippen LogP) is 3.61. The largest absolute Gasteiger partial charge is 0.507 e. The molecule has 1 saturated heterocycles. The first-order chi connectivity index (χ1) is 16.0. The lowest BCUT2D eigenvalue weighted by atomic mass is 9.95. The molecular weight excluding hydrogens is 427 g/mol. The molecule has 2 aliphatic rings. The maximum absolute atomic E-state index is 13.6. The van der Waals surface area contributed by atoms with Gasteiger partial charge in [-0.05, 0) is 47.5 Å². The number of benzene rings is 2. The van der Waals surface area contributed by atoms with Gasteiger partial charge in [-0.2, -0.15) is 0 Å². The second-order valence-corrected chi connectivity index (χ2v) is 7.70. The molecule has 5 rings (SSSR count). The van der Waals surface area contributed by atoms with Gasteiger partial charge in [0.1, 0.15) is 24.8 Å². The lowest BCUT2D eigenvalue weighted by Crippen LogP contribution is -2.29. The van der Waals surface area contributed by atoms with Crippen LogP contribution in [0.3, 0.4) is 0 Å². The van der Waals surface area contributed by atoms with Crippen molar-refractivity contribution in [3.8, 4) is 11.5 Å². The molecule has 0 aliphatic carbocycles. The summed E-state index contributed by atoms with van der Waals surface area (Å²) >= 11 is 0. The molecule has 1 unspecified atom stereocenters. The monoisotopic (exact) mass is 446 g/mol. The van der Waals surface area contributed by atoms with Gasteiger partial charge in [-0.25, -0.2) is 4.39 Å². The van der Waals surface area contributed by atoms with Crippen molar-refractivity contribution in [2.45, 2.75) is 12.6 Å². The Hall–Kier alpha value is -4.20. The Morgan fingerprint density at radius 3 is 2.55 bits per heavy atom. The summed E-state index contributed by atoms with van der Waals surface area (Å²) in [4.78, 5) is 31.6. The fourth-order valence-electron chi connectivity index (χ4n) is 4.07. The number of ketones is 1. The van der Waals surface area contributed by atoms with Crippen molar-refractivity contribution in [3.05, 3.63) is 95.1 Å². The smallest absolute Gasteiger partial charge is 0.295 e. The van der Waals surface area contributed by atoms with Crippen molar-refractivity contribution in [1.29, 1.82) is 0 Å². The fraction of sp³-hybridized carbons (Fsp3) is 0.160. The van der Waals surface area contributed by atoms with Gasteiger partial charge in [-0.1, -0.05) is 18.2 Å². The maximum Gasteiger partial charge on any atom is 0.295 e. The number of pyridine rings is 1. The van der Waals surface area contributed by atoms with Crippen molar-refractivity contribution >= 4 is 17.4 Å². The molecule has 0 radical (unpaired) electrons. The number of aliphatic hydroxyl groups excluding tert-OH is 1. The summed E-state index contributed by atoms with van der Waals surface area (Å²) in [7, 11) is 0. The summed E-state index contributed by atoms with van der Waals surface area (Å²) in [5, 5.41) is 11.2. The van der Waals surface area contributed by atoms with Gasteiger partial charge in [0.2, 0.25) is 0 Å². The number of hydrogen-bond acceptors (Lipinski definition) is 6. The third kappa shape index (κ3) is 3.80. The van der Waals surface area contributed by atoms with E-state index in [2.05, 4.69) is 4.98 Å². The lowest BCUT2D eigenvalue weighted by molar-refractivity contribution is -0.140. The van der Waals surface area contributed by atoms with Crippen LogP contribution in [-0.2, 0) is 16.1 Å². The van der Waals surface area contributed by atoms with Gasteiger partial charge >= 0.3 is 0 Å². The number of Topliss-reactive ketones (excluding diaryl/α,β-unsaturated/α-hetero) is 1. The minimum Gasteiger partial charge on any atom is -0.507 e. The van der Waals surface area contributed by atoms with Gasteiger partial charge < -0.3 is 19.5 Å². The molecule has 7 nitrogen and oxygen atoms in total. The number of likely N-dealkylation sites (tertiary alicyclic amines) is 1. The van der Waals surface area contributed by atoms with Crippen molar-refractivity contribution in [2.24, 2.45) is 0 Å². The maximum atomic E-state index is 13.6. The van der Waals surface area contributed by atoms with Gasteiger partial charge in [-0.15, -0.1) is 0 Å². The highest BCUT2D eigenvalue weighted by molar-refractivity contribution is 6.46. The van der Waals surface area contributed by atoms with Crippen LogP contribution in [0, 0.1) is 5.82 Å². The van der Waals surface area contributed by atoms with E-state index in [4.69, 9.17) is 9.47 Å². The number of amides is 1. The number of aliphatic hydroxyl groups is 1. The first-order valence-corrected chi connectivity index (χ1v) is 10.4. The van der Waals surface area contributed by atoms with Crippen LogP contribution in [0.5, 0.6) is 11.5 Å². The number of ether oxygens (including phenoxy) is 2. The van der Waals surface area contributed by atoms with E-state index in [9.17, 15) is 19.1 Å². The Bertz CT molecular complexity index is 1260. The topological polar surface area (TPSA) is 89.0 Å². The van der Waals surface area contributed by atoms with E-state index in [0.29, 0.717) is 41.4 Å². The number of carbonyl (C=O) groups is 2. The van der Waals surface area contributed by atoms with E-state index in [-0.39, 0.29) is 17.9 Å². The Kier molecular flexibility index (Phi) is 5.26. The second-order valence-electron chi connectivity index (χ2n) is 7.70. The average molecular weight is 446 g/mol. The second kappa shape index (κ2) is 8.38. The molecule has 2 aliphatic heterocycles. The van der Waals surface area contributed by atoms with E-state index in [1.165, 1.54) is 29.2 Å². The quantitative estimate of drug-likeness (QED) is 0.374. The molecule has 1 amide bonds. The summed E-state index contributed by atoms with van der Waals surface area (Å²) in [6.45, 7) is 0.878. The molecule has 3 heterocycles. The predicted molar refractivity (Wildman–Crippen MR) is 116 cm³/mol.